The van der Waals surface area contributed by atoms with Crippen LogP contribution in [0, 0.1) is 0 Å². The molecule has 136 valence electrons. The molecule has 1 atom stereocenters. The molecular formula is C17H24N4O4. The van der Waals surface area contributed by atoms with Gasteiger partial charge in [-0.05, 0) is 39.0 Å². The molecule has 1 amide bonds. The quantitative estimate of drug-likeness (QED) is 0.700. The third-order valence-corrected chi connectivity index (χ3v) is 3.19. The number of aliphatic hydroxyl groups excluding tert-OH is 1. The van der Waals surface area contributed by atoms with E-state index in [0.717, 1.165) is 0 Å². The predicted molar refractivity (Wildman–Crippen MR) is 93.3 cm³/mol. The molecule has 0 saturated carbocycles. The molecule has 8 nitrogen and oxygen atoms in total. The molecule has 0 saturated heterocycles. The van der Waals surface area contributed by atoms with Crippen LogP contribution in [0.25, 0.3) is 11.5 Å². The lowest BCUT2D eigenvalue weighted by molar-refractivity contribution is -0.114. The number of hydrogen-bond donors (Lipinski definition) is 3. The average molecular weight is 348 g/mol. The molecular weight excluding hydrogens is 324 g/mol. The second-order valence-corrected chi connectivity index (χ2v) is 6.73. The Balaban J connectivity index is 2.10. The summed E-state index contributed by atoms with van der Waals surface area (Å²) in [5, 5.41) is 23.5. The fourth-order valence-electron chi connectivity index (χ4n) is 2.06. The van der Waals surface area contributed by atoms with E-state index in [4.69, 9.17) is 9.15 Å². The lowest BCUT2D eigenvalue weighted by Gasteiger charge is -2.23. The van der Waals surface area contributed by atoms with Crippen LogP contribution in [-0.2, 0) is 4.79 Å². The fourth-order valence-corrected chi connectivity index (χ4v) is 2.06. The average Bonchev–Trinajstić information content (AvgIpc) is 3.04. The maximum absolute atomic E-state index is 11.2. The van der Waals surface area contributed by atoms with Gasteiger partial charge in [0.1, 0.15) is 18.5 Å². The number of ether oxygens (including phenoxy) is 1. The summed E-state index contributed by atoms with van der Waals surface area (Å²) in [7, 11) is 0. The Kier molecular flexibility index (Phi) is 6.11. The Morgan fingerprint density at radius 2 is 2.16 bits per heavy atom. The molecule has 1 aromatic carbocycles. The van der Waals surface area contributed by atoms with Crippen LogP contribution in [0.2, 0.25) is 0 Å². The van der Waals surface area contributed by atoms with Gasteiger partial charge >= 0.3 is 0 Å². The largest absolute Gasteiger partial charge is 0.490 e. The summed E-state index contributed by atoms with van der Waals surface area (Å²) in [6.07, 6.45) is 0.538. The van der Waals surface area contributed by atoms with Gasteiger partial charge in [0.15, 0.2) is 0 Å². The first-order valence-corrected chi connectivity index (χ1v) is 7.98. The number of β-amino-alcohol motifs (C(OH)–C–C–N with tert-alkyl or cyclic N) is 1. The van der Waals surface area contributed by atoms with E-state index in [9.17, 15) is 9.90 Å². The highest BCUT2D eigenvalue weighted by Gasteiger charge is 2.16. The number of nitrogens with zero attached hydrogens (tertiary/aromatic N) is 2. The summed E-state index contributed by atoms with van der Waals surface area (Å²) < 4.78 is 10.9. The van der Waals surface area contributed by atoms with Crippen LogP contribution in [0.15, 0.2) is 29.0 Å². The maximum Gasteiger partial charge on any atom is 0.251 e. The van der Waals surface area contributed by atoms with Crippen LogP contribution in [0.1, 0.15) is 27.7 Å². The number of rotatable bonds is 7. The topological polar surface area (TPSA) is 110 Å². The summed E-state index contributed by atoms with van der Waals surface area (Å²) in [6.45, 7) is 8.00. The van der Waals surface area contributed by atoms with Crippen molar-refractivity contribution in [3.63, 3.8) is 0 Å². The number of benzene rings is 1. The van der Waals surface area contributed by atoms with Gasteiger partial charge in [0.25, 0.3) is 5.89 Å². The molecule has 1 heterocycles. The maximum atomic E-state index is 11.2. The number of nitrogens with one attached hydrogen (secondary N) is 2. The molecule has 0 fully saturated rings. The minimum Gasteiger partial charge on any atom is -0.490 e. The van der Waals surface area contributed by atoms with Crippen LogP contribution in [-0.4, -0.2) is 46.0 Å². The zero-order valence-corrected chi connectivity index (χ0v) is 14.9. The molecule has 25 heavy (non-hydrogen) atoms. The molecule has 3 N–H and O–H groups in total. The zero-order valence-electron chi connectivity index (χ0n) is 14.9. The molecule has 1 unspecified atom stereocenters. The number of amides is 1. The zero-order chi connectivity index (χ0) is 18.4. The van der Waals surface area contributed by atoms with Crippen molar-refractivity contribution in [2.75, 3.05) is 18.5 Å². The van der Waals surface area contributed by atoms with E-state index in [2.05, 4.69) is 20.8 Å². The van der Waals surface area contributed by atoms with Crippen molar-refractivity contribution in [1.29, 1.82) is 0 Å². The Morgan fingerprint density at radius 3 is 2.76 bits per heavy atom. The Bertz CT molecular complexity index is 695. The van der Waals surface area contributed by atoms with Crippen LogP contribution in [0.3, 0.4) is 0 Å². The van der Waals surface area contributed by atoms with Gasteiger partial charge in [0, 0.05) is 24.7 Å². The number of carbonyl (C=O) groups is 1. The smallest absolute Gasteiger partial charge is 0.251 e. The first-order chi connectivity index (χ1) is 11.7. The van der Waals surface area contributed by atoms with Gasteiger partial charge in [-0.1, -0.05) is 0 Å². The van der Waals surface area contributed by atoms with Crippen molar-refractivity contribution in [2.45, 2.75) is 39.3 Å². The number of aromatic nitrogens is 2. The van der Waals surface area contributed by atoms with Crippen LogP contribution in [0.4, 0.5) is 5.69 Å². The Hall–Kier alpha value is -2.45. The SMILES string of the molecule is CC(=O)Nc1ccc(OCC(O)CNC(C)(C)C)c(-c2nnco2)c1. The van der Waals surface area contributed by atoms with E-state index in [0.29, 0.717) is 23.5 Å². The summed E-state index contributed by atoms with van der Waals surface area (Å²) in [5.41, 5.74) is 1.04. The van der Waals surface area contributed by atoms with Crippen LogP contribution < -0.4 is 15.4 Å². The van der Waals surface area contributed by atoms with Crippen molar-refractivity contribution in [1.82, 2.24) is 15.5 Å². The third kappa shape index (κ3) is 6.17. The monoisotopic (exact) mass is 348 g/mol. The first kappa shape index (κ1) is 18.9. The second-order valence-electron chi connectivity index (χ2n) is 6.73. The molecule has 2 aromatic rings. The van der Waals surface area contributed by atoms with E-state index in [-0.39, 0.29) is 23.9 Å². The summed E-state index contributed by atoms with van der Waals surface area (Å²) in [4.78, 5) is 11.2. The first-order valence-electron chi connectivity index (χ1n) is 7.98. The lowest BCUT2D eigenvalue weighted by atomic mass is 10.1. The molecule has 0 bridgehead atoms. The van der Waals surface area contributed by atoms with Gasteiger partial charge in [0.05, 0.1) is 5.56 Å². The molecule has 0 aliphatic carbocycles. The predicted octanol–water partition coefficient (Wildman–Crippen LogP) is 1.82. The van der Waals surface area contributed by atoms with Crippen molar-refractivity contribution in [3.05, 3.63) is 24.6 Å². The van der Waals surface area contributed by atoms with E-state index < -0.39 is 6.10 Å². The second kappa shape index (κ2) is 8.09. The van der Waals surface area contributed by atoms with Gasteiger partial charge in [-0.2, -0.15) is 0 Å². The summed E-state index contributed by atoms with van der Waals surface area (Å²) in [5.74, 6) is 0.562. The molecule has 0 aliphatic rings. The summed E-state index contributed by atoms with van der Waals surface area (Å²) >= 11 is 0. The van der Waals surface area contributed by atoms with Crippen molar-refractivity contribution >= 4 is 11.6 Å². The van der Waals surface area contributed by atoms with E-state index in [1.807, 2.05) is 20.8 Å². The van der Waals surface area contributed by atoms with E-state index in [1.165, 1.54) is 13.3 Å². The number of hydrogen-bond acceptors (Lipinski definition) is 7. The van der Waals surface area contributed by atoms with Gasteiger partial charge in [-0.15, -0.1) is 10.2 Å². The molecule has 1 aromatic heterocycles. The van der Waals surface area contributed by atoms with E-state index >= 15 is 0 Å². The number of anilines is 1. The molecule has 8 heteroatoms. The Labute approximate surface area is 146 Å². The highest BCUT2D eigenvalue weighted by Crippen LogP contribution is 2.31. The highest BCUT2D eigenvalue weighted by molar-refractivity contribution is 5.89. The van der Waals surface area contributed by atoms with Crippen molar-refractivity contribution in [3.8, 4) is 17.2 Å². The van der Waals surface area contributed by atoms with Crippen molar-refractivity contribution < 1.29 is 19.1 Å². The number of aliphatic hydroxyl groups is 1. The van der Waals surface area contributed by atoms with Crippen molar-refractivity contribution in [2.24, 2.45) is 0 Å². The van der Waals surface area contributed by atoms with Gasteiger partial charge in [0.2, 0.25) is 12.3 Å². The van der Waals surface area contributed by atoms with E-state index in [1.54, 1.807) is 18.2 Å². The third-order valence-electron chi connectivity index (χ3n) is 3.19. The van der Waals surface area contributed by atoms with Crippen LogP contribution in [0.5, 0.6) is 5.75 Å². The van der Waals surface area contributed by atoms with Gasteiger partial charge < -0.3 is 24.9 Å². The molecule has 0 radical (unpaired) electrons. The standard InChI is InChI=1S/C17H24N4O4/c1-11(22)20-12-5-6-15(14(7-12)16-21-19-10-25-16)24-9-13(23)8-18-17(2,3)4/h5-7,10,13,18,23H,8-9H2,1-4H3,(H,20,22). The molecule has 0 aliphatic heterocycles. The normalized spacial score (nSPS) is 12.7. The molecule has 0 spiro atoms. The van der Waals surface area contributed by atoms with Gasteiger partial charge in [-0.3, -0.25) is 4.79 Å². The minimum atomic E-state index is -0.676. The summed E-state index contributed by atoms with van der Waals surface area (Å²) in [6, 6.07) is 5.08. The molecule has 2 rings (SSSR count). The van der Waals surface area contributed by atoms with Crippen LogP contribution >= 0.6 is 0 Å². The lowest BCUT2D eigenvalue weighted by Crippen LogP contribution is -2.42. The minimum absolute atomic E-state index is 0.0874. The Morgan fingerprint density at radius 1 is 1.40 bits per heavy atom. The fraction of sp³-hybridized carbons (Fsp3) is 0.471. The number of carbonyl (C=O) groups excluding carboxylic acids is 1. The highest BCUT2D eigenvalue weighted by atomic mass is 16.5. The van der Waals surface area contributed by atoms with Gasteiger partial charge in [-0.25, -0.2) is 0 Å².